The minimum absolute atomic E-state index is 0.255. The molecule has 0 aliphatic rings. The van der Waals surface area contributed by atoms with Crippen LogP contribution in [0.5, 0.6) is 11.6 Å². The number of ether oxygens (including phenoxy) is 3. The summed E-state index contributed by atoms with van der Waals surface area (Å²) in [6, 6.07) is 2.90. The Bertz CT molecular complexity index is 421. The molecule has 0 saturated carbocycles. The zero-order valence-electron chi connectivity index (χ0n) is 12.2. The Labute approximate surface area is 124 Å². The molecule has 0 bridgehead atoms. The molecule has 6 heteroatoms. The number of nitrogens with zero attached hydrogens (tertiary/aromatic N) is 1. The molecule has 0 spiro atoms. The second-order valence-corrected chi connectivity index (χ2v) is 11.9. The Morgan fingerprint density at radius 1 is 1.32 bits per heavy atom. The Morgan fingerprint density at radius 3 is 2.58 bits per heavy atom. The molecule has 108 valence electrons. The molecule has 1 heterocycles. The number of pyridine rings is 1. The molecule has 0 aliphatic carbocycles. The normalized spacial score (nSPS) is 11.5. The Kier molecular flexibility index (Phi) is 6.29. The summed E-state index contributed by atoms with van der Waals surface area (Å²) in [5.74, 6) is 1.25. The maximum Gasteiger partial charge on any atom is 0.217 e. The quantitative estimate of drug-likeness (QED) is 0.325. The molecule has 1 rings (SSSR count). The molecule has 0 saturated heterocycles. The van der Waals surface area contributed by atoms with Crippen molar-refractivity contribution in [2.24, 2.45) is 0 Å². The van der Waals surface area contributed by atoms with Gasteiger partial charge in [-0.25, -0.2) is 4.98 Å². The second-order valence-electron chi connectivity index (χ2n) is 5.56. The van der Waals surface area contributed by atoms with E-state index in [0.717, 1.165) is 28.6 Å². The van der Waals surface area contributed by atoms with Gasteiger partial charge in [-0.05, 0) is 28.9 Å². The van der Waals surface area contributed by atoms with Gasteiger partial charge in [0, 0.05) is 26.3 Å². The summed E-state index contributed by atoms with van der Waals surface area (Å²) in [6.45, 7) is 9.92. The van der Waals surface area contributed by atoms with E-state index < -0.39 is 8.07 Å². The lowest BCUT2D eigenvalue weighted by Crippen LogP contribution is -2.22. The molecule has 0 aliphatic heterocycles. The number of aromatic nitrogens is 1. The summed E-state index contributed by atoms with van der Waals surface area (Å²) in [4.78, 5) is 4.21. The van der Waals surface area contributed by atoms with E-state index in [9.17, 15) is 0 Å². The van der Waals surface area contributed by atoms with Crippen LogP contribution in [0, 0.1) is 6.92 Å². The molecule has 4 nitrogen and oxygen atoms in total. The molecule has 0 atom stereocenters. The number of hydrogen-bond donors (Lipinski definition) is 0. The van der Waals surface area contributed by atoms with Gasteiger partial charge >= 0.3 is 0 Å². The largest absolute Gasteiger partial charge is 0.481 e. The van der Waals surface area contributed by atoms with E-state index in [4.69, 9.17) is 14.2 Å². The maximum atomic E-state index is 5.62. The molecule has 0 unspecified atom stereocenters. The van der Waals surface area contributed by atoms with Crippen LogP contribution in [-0.2, 0) is 4.74 Å². The van der Waals surface area contributed by atoms with Crippen molar-refractivity contribution in [3.63, 3.8) is 0 Å². The molecule has 0 N–H and O–H groups in total. The molecule has 1 aromatic heterocycles. The third kappa shape index (κ3) is 5.93. The SMILES string of the molecule is COc1cc(OCOCC[Si](C)(C)C)c(C)c(Br)n1. The van der Waals surface area contributed by atoms with Gasteiger partial charge in [-0.2, -0.15) is 0 Å². The van der Waals surface area contributed by atoms with Crippen LogP contribution in [0.3, 0.4) is 0 Å². The van der Waals surface area contributed by atoms with E-state index in [-0.39, 0.29) is 6.79 Å². The maximum absolute atomic E-state index is 5.62. The van der Waals surface area contributed by atoms with E-state index in [1.807, 2.05) is 6.92 Å². The van der Waals surface area contributed by atoms with E-state index in [2.05, 4.69) is 40.6 Å². The molecular weight excluding hydrogens is 326 g/mol. The summed E-state index contributed by atoms with van der Waals surface area (Å²) in [6.07, 6.45) is 0. The van der Waals surface area contributed by atoms with E-state index in [1.54, 1.807) is 13.2 Å². The standard InChI is InChI=1S/C13H22BrNO3Si/c1-10-11(8-12(16-2)15-13(10)14)18-9-17-6-7-19(3,4)5/h8H,6-7,9H2,1-5H3. The second kappa shape index (κ2) is 7.26. The van der Waals surface area contributed by atoms with Crippen LogP contribution in [0.15, 0.2) is 10.7 Å². The van der Waals surface area contributed by atoms with Crippen molar-refractivity contribution in [2.75, 3.05) is 20.5 Å². The van der Waals surface area contributed by atoms with E-state index >= 15 is 0 Å². The van der Waals surface area contributed by atoms with Crippen molar-refractivity contribution < 1.29 is 14.2 Å². The van der Waals surface area contributed by atoms with Crippen LogP contribution in [0.2, 0.25) is 25.7 Å². The number of rotatable bonds is 7. The third-order valence-corrected chi connectivity index (χ3v) is 5.12. The fourth-order valence-electron chi connectivity index (χ4n) is 1.33. The van der Waals surface area contributed by atoms with Crippen LogP contribution in [0.1, 0.15) is 5.56 Å². The van der Waals surface area contributed by atoms with Crippen molar-refractivity contribution in [1.82, 2.24) is 4.98 Å². The van der Waals surface area contributed by atoms with Gasteiger partial charge in [-0.3, -0.25) is 0 Å². The fraction of sp³-hybridized carbons (Fsp3) is 0.615. The van der Waals surface area contributed by atoms with Crippen molar-refractivity contribution in [3.05, 3.63) is 16.2 Å². The molecule has 1 aromatic rings. The summed E-state index contributed by atoms with van der Waals surface area (Å²) >= 11 is 3.38. The summed E-state index contributed by atoms with van der Waals surface area (Å²) in [5.41, 5.74) is 0.939. The number of methoxy groups -OCH3 is 1. The lowest BCUT2D eigenvalue weighted by molar-refractivity contribution is 0.0214. The molecule has 0 aromatic carbocycles. The van der Waals surface area contributed by atoms with Gasteiger partial charge in [0.15, 0.2) is 6.79 Å². The smallest absolute Gasteiger partial charge is 0.217 e. The van der Waals surface area contributed by atoms with Crippen LogP contribution < -0.4 is 9.47 Å². The van der Waals surface area contributed by atoms with E-state index in [0.29, 0.717) is 5.88 Å². The minimum Gasteiger partial charge on any atom is -0.481 e. The lowest BCUT2D eigenvalue weighted by Gasteiger charge is -2.16. The van der Waals surface area contributed by atoms with Crippen LogP contribution >= 0.6 is 15.9 Å². The summed E-state index contributed by atoms with van der Waals surface area (Å²) in [7, 11) is 0.543. The van der Waals surface area contributed by atoms with Gasteiger partial charge in [-0.15, -0.1) is 0 Å². The van der Waals surface area contributed by atoms with Gasteiger partial charge in [0.05, 0.1) is 7.11 Å². The Hall–Kier alpha value is -0.593. The highest BCUT2D eigenvalue weighted by Gasteiger charge is 2.12. The van der Waals surface area contributed by atoms with Crippen molar-refractivity contribution >= 4 is 24.0 Å². The highest BCUT2D eigenvalue weighted by molar-refractivity contribution is 9.10. The fourth-order valence-corrected chi connectivity index (χ4v) is 2.46. The van der Waals surface area contributed by atoms with Crippen molar-refractivity contribution in [3.8, 4) is 11.6 Å². The molecular formula is C13H22BrNO3Si. The topological polar surface area (TPSA) is 40.6 Å². The number of hydrogen-bond acceptors (Lipinski definition) is 4. The summed E-state index contributed by atoms with van der Waals surface area (Å²) < 4.78 is 17.0. The molecule has 19 heavy (non-hydrogen) atoms. The zero-order chi connectivity index (χ0) is 14.5. The Balaban J connectivity index is 2.47. The molecule has 0 fully saturated rings. The zero-order valence-corrected chi connectivity index (χ0v) is 14.8. The first kappa shape index (κ1) is 16.5. The van der Waals surface area contributed by atoms with Gasteiger partial charge in [0.25, 0.3) is 0 Å². The monoisotopic (exact) mass is 347 g/mol. The van der Waals surface area contributed by atoms with E-state index in [1.165, 1.54) is 0 Å². The molecule has 0 amide bonds. The van der Waals surface area contributed by atoms with Crippen molar-refractivity contribution in [1.29, 1.82) is 0 Å². The van der Waals surface area contributed by atoms with Crippen LogP contribution in [0.25, 0.3) is 0 Å². The lowest BCUT2D eigenvalue weighted by atomic mass is 10.3. The van der Waals surface area contributed by atoms with Crippen LogP contribution in [-0.4, -0.2) is 33.6 Å². The molecule has 0 radical (unpaired) electrons. The van der Waals surface area contributed by atoms with Crippen LogP contribution in [0.4, 0.5) is 0 Å². The van der Waals surface area contributed by atoms with Gasteiger partial charge < -0.3 is 14.2 Å². The Morgan fingerprint density at radius 2 is 2.00 bits per heavy atom. The summed E-state index contributed by atoms with van der Waals surface area (Å²) in [5, 5.41) is 0. The first-order valence-corrected chi connectivity index (χ1v) is 10.7. The third-order valence-electron chi connectivity index (χ3n) is 2.65. The van der Waals surface area contributed by atoms with Gasteiger partial charge in [-0.1, -0.05) is 19.6 Å². The van der Waals surface area contributed by atoms with Gasteiger partial charge in [0.1, 0.15) is 10.4 Å². The van der Waals surface area contributed by atoms with Crippen molar-refractivity contribution in [2.45, 2.75) is 32.6 Å². The first-order valence-electron chi connectivity index (χ1n) is 6.25. The average Bonchev–Trinajstić information content (AvgIpc) is 2.32. The predicted molar refractivity (Wildman–Crippen MR) is 82.8 cm³/mol. The minimum atomic E-state index is -1.04. The van der Waals surface area contributed by atoms with Gasteiger partial charge in [0.2, 0.25) is 5.88 Å². The average molecular weight is 348 g/mol. The highest BCUT2D eigenvalue weighted by Crippen LogP contribution is 2.28. The first-order chi connectivity index (χ1) is 8.83. The predicted octanol–water partition coefficient (Wildman–Crippen LogP) is 3.85. The number of halogens is 1. The highest BCUT2D eigenvalue weighted by atomic mass is 79.9.